The van der Waals surface area contributed by atoms with Crippen LogP contribution >= 0.6 is 11.8 Å². The van der Waals surface area contributed by atoms with E-state index in [2.05, 4.69) is 25.5 Å². The van der Waals surface area contributed by atoms with Crippen LogP contribution in [0.2, 0.25) is 0 Å². The molecule has 0 radical (unpaired) electrons. The van der Waals surface area contributed by atoms with E-state index in [0.29, 0.717) is 24.0 Å². The number of nitrogens with zero attached hydrogens (tertiary/aromatic N) is 3. The summed E-state index contributed by atoms with van der Waals surface area (Å²) in [5.41, 5.74) is 6.85. The van der Waals surface area contributed by atoms with E-state index in [4.69, 9.17) is 10.2 Å². The SMILES string of the molecule is NC(=O)CNC(=O)CSc1nnc(CCc2nc3ccccc3[nH]2)o1. The highest BCUT2D eigenvalue weighted by atomic mass is 32.2. The number of carbonyl (C=O) groups excluding carboxylic acids is 2. The molecule has 25 heavy (non-hydrogen) atoms. The summed E-state index contributed by atoms with van der Waals surface area (Å²) >= 11 is 1.10. The van der Waals surface area contributed by atoms with Gasteiger partial charge in [0.1, 0.15) is 5.82 Å². The van der Waals surface area contributed by atoms with Gasteiger partial charge in [0.05, 0.1) is 23.3 Å². The number of carbonyl (C=O) groups is 2. The number of hydrogen-bond donors (Lipinski definition) is 3. The summed E-state index contributed by atoms with van der Waals surface area (Å²) in [4.78, 5) is 29.8. The van der Waals surface area contributed by atoms with Gasteiger partial charge in [-0.05, 0) is 12.1 Å². The lowest BCUT2D eigenvalue weighted by atomic mass is 10.3. The summed E-state index contributed by atoms with van der Waals surface area (Å²) in [5.74, 6) is 0.466. The summed E-state index contributed by atoms with van der Waals surface area (Å²) < 4.78 is 5.48. The predicted octanol–water partition coefficient (Wildman–Crippen LogP) is 0.425. The van der Waals surface area contributed by atoms with Crippen molar-refractivity contribution in [1.82, 2.24) is 25.5 Å². The zero-order valence-corrected chi connectivity index (χ0v) is 14.0. The molecule has 3 aromatic rings. The van der Waals surface area contributed by atoms with Crippen LogP contribution in [0.5, 0.6) is 0 Å². The minimum atomic E-state index is -0.594. The smallest absolute Gasteiger partial charge is 0.277 e. The van der Waals surface area contributed by atoms with Crippen molar-refractivity contribution in [2.24, 2.45) is 5.73 Å². The van der Waals surface area contributed by atoms with Crippen molar-refractivity contribution in [3.8, 4) is 0 Å². The first-order valence-corrected chi connectivity index (χ1v) is 8.52. The van der Waals surface area contributed by atoms with Crippen LogP contribution in [0.3, 0.4) is 0 Å². The summed E-state index contributed by atoms with van der Waals surface area (Å²) in [7, 11) is 0. The molecule has 10 heteroatoms. The number of para-hydroxylation sites is 2. The molecule has 3 rings (SSSR count). The molecule has 2 aromatic heterocycles. The molecule has 0 aliphatic rings. The van der Waals surface area contributed by atoms with Crippen LogP contribution in [0.15, 0.2) is 33.9 Å². The molecule has 9 nitrogen and oxygen atoms in total. The van der Waals surface area contributed by atoms with E-state index in [1.807, 2.05) is 24.3 Å². The Morgan fingerprint density at radius 3 is 2.88 bits per heavy atom. The second-order valence-electron chi connectivity index (χ2n) is 5.19. The normalized spacial score (nSPS) is 10.9. The first kappa shape index (κ1) is 17.0. The molecule has 0 aliphatic heterocycles. The number of aryl methyl sites for hydroxylation is 2. The van der Waals surface area contributed by atoms with Crippen molar-refractivity contribution in [2.75, 3.05) is 12.3 Å². The highest BCUT2D eigenvalue weighted by Gasteiger charge is 2.11. The number of benzene rings is 1. The number of fused-ring (bicyclic) bond motifs is 1. The van der Waals surface area contributed by atoms with Gasteiger partial charge in [-0.1, -0.05) is 23.9 Å². The molecular formula is C15H16N6O3S. The van der Waals surface area contributed by atoms with Crippen LogP contribution in [-0.2, 0) is 22.4 Å². The number of primary amides is 1. The van der Waals surface area contributed by atoms with Crippen LogP contribution in [-0.4, -0.2) is 44.3 Å². The second kappa shape index (κ2) is 7.79. The van der Waals surface area contributed by atoms with Crippen molar-refractivity contribution < 1.29 is 14.0 Å². The Morgan fingerprint density at radius 1 is 1.24 bits per heavy atom. The predicted molar refractivity (Wildman–Crippen MR) is 90.7 cm³/mol. The van der Waals surface area contributed by atoms with Crippen molar-refractivity contribution in [2.45, 2.75) is 18.1 Å². The molecule has 1 aromatic carbocycles. The average Bonchev–Trinajstić information content (AvgIpc) is 3.22. The van der Waals surface area contributed by atoms with Gasteiger partial charge in [-0.25, -0.2) is 4.98 Å². The maximum absolute atomic E-state index is 11.5. The number of rotatable bonds is 8. The first-order valence-electron chi connectivity index (χ1n) is 7.54. The van der Waals surface area contributed by atoms with Gasteiger partial charge in [-0.2, -0.15) is 0 Å². The Morgan fingerprint density at radius 2 is 2.08 bits per heavy atom. The lowest BCUT2D eigenvalue weighted by molar-refractivity contribution is -0.123. The van der Waals surface area contributed by atoms with Crippen LogP contribution in [0.1, 0.15) is 11.7 Å². The number of thioether (sulfide) groups is 1. The minimum Gasteiger partial charge on any atom is -0.416 e. The third-order valence-electron chi connectivity index (χ3n) is 3.25. The lowest BCUT2D eigenvalue weighted by Gasteiger charge is -1.99. The summed E-state index contributed by atoms with van der Waals surface area (Å²) in [6.07, 6.45) is 1.18. The zero-order valence-electron chi connectivity index (χ0n) is 13.2. The molecule has 2 amide bonds. The quantitative estimate of drug-likeness (QED) is 0.495. The van der Waals surface area contributed by atoms with E-state index < -0.39 is 5.91 Å². The highest BCUT2D eigenvalue weighted by molar-refractivity contribution is 7.99. The number of hydrogen-bond acceptors (Lipinski definition) is 7. The van der Waals surface area contributed by atoms with E-state index >= 15 is 0 Å². The van der Waals surface area contributed by atoms with E-state index in [-0.39, 0.29) is 18.2 Å². The van der Waals surface area contributed by atoms with Crippen molar-refractivity contribution in [1.29, 1.82) is 0 Å². The fraction of sp³-hybridized carbons (Fsp3) is 0.267. The monoisotopic (exact) mass is 360 g/mol. The van der Waals surface area contributed by atoms with E-state index in [1.54, 1.807) is 0 Å². The molecule has 0 saturated heterocycles. The molecule has 0 saturated carbocycles. The van der Waals surface area contributed by atoms with Crippen LogP contribution in [0.4, 0.5) is 0 Å². The van der Waals surface area contributed by atoms with Crippen LogP contribution in [0, 0.1) is 0 Å². The standard InChI is InChI=1S/C15H16N6O3S/c16-11(22)7-17-13(23)8-25-15-21-20-14(24-15)6-5-12-18-9-3-1-2-4-10(9)19-12/h1-4H,5-8H2,(H2,16,22)(H,17,23)(H,18,19). The van der Waals surface area contributed by atoms with Gasteiger partial charge >= 0.3 is 0 Å². The summed E-state index contributed by atoms with van der Waals surface area (Å²) in [6, 6.07) is 7.80. The average molecular weight is 360 g/mol. The largest absolute Gasteiger partial charge is 0.416 e. The van der Waals surface area contributed by atoms with E-state index in [9.17, 15) is 9.59 Å². The number of aromatic amines is 1. The fourth-order valence-electron chi connectivity index (χ4n) is 2.11. The number of nitrogens with two attached hydrogens (primary N) is 1. The Hall–Kier alpha value is -2.88. The van der Waals surface area contributed by atoms with Crippen molar-refractivity contribution in [3.63, 3.8) is 0 Å². The van der Waals surface area contributed by atoms with Crippen molar-refractivity contribution >= 4 is 34.6 Å². The molecule has 0 fully saturated rings. The molecule has 2 heterocycles. The number of amides is 2. The Bertz CT molecular complexity index is 857. The van der Waals surface area contributed by atoms with Gasteiger partial charge in [-0.15, -0.1) is 10.2 Å². The van der Waals surface area contributed by atoms with Crippen LogP contribution < -0.4 is 11.1 Å². The van der Waals surface area contributed by atoms with Gasteiger partial charge in [0, 0.05) is 12.8 Å². The van der Waals surface area contributed by atoms with E-state index in [1.165, 1.54) is 0 Å². The maximum Gasteiger partial charge on any atom is 0.277 e. The second-order valence-corrected chi connectivity index (χ2v) is 6.12. The third-order valence-corrected chi connectivity index (χ3v) is 4.07. The molecule has 4 N–H and O–H groups in total. The Balaban J connectivity index is 1.48. The Kier molecular flexibility index (Phi) is 5.29. The fourth-order valence-corrected chi connectivity index (χ4v) is 2.72. The third kappa shape index (κ3) is 4.80. The zero-order chi connectivity index (χ0) is 17.6. The van der Waals surface area contributed by atoms with Gasteiger partial charge < -0.3 is 20.5 Å². The van der Waals surface area contributed by atoms with Crippen molar-refractivity contribution in [3.05, 3.63) is 36.0 Å². The van der Waals surface area contributed by atoms with Gasteiger partial charge in [0.2, 0.25) is 17.7 Å². The lowest BCUT2D eigenvalue weighted by Crippen LogP contribution is -2.34. The minimum absolute atomic E-state index is 0.0679. The molecule has 0 unspecified atom stereocenters. The maximum atomic E-state index is 11.5. The number of nitrogens with one attached hydrogen (secondary N) is 2. The number of imidazole rings is 1. The molecule has 0 spiro atoms. The molecule has 130 valence electrons. The van der Waals surface area contributed by atoms with Gasteiger partial charge in [0.25, 0.3) is 5.22 Å². The van der Waals surface area contributed by atoms with Crippen LogP contribution in [0.25, 0.3) is 11.0 Å². The molecule has 0 atom stereocenters. The molecular weight excluding hydrogens is 344 g/mol. The Labute approximate surface area is 146 Å². The topological polar surface area (TPSA) is 140 Å². The molecule has 0 bridgehead atoms. The summed E-state index contributed by atoms with van der Waals surface area (Å²) in [6.45, 7) is -0.189. The van der Waals surface area contributed by atoms with Gasteiger partial charge in [-0.3, -0.25) is 9.59 Å². The molecule has 0 aliphatic carbocycles. The summed E-state index contributed by atoms with van der Waals surface area (Å²) in [5, 5.41) is 10.5. The van der Waals surface area contributed by atoms with Gasteiger partial charge in [0.15, 0.2) is 0 Å². The number of H-pyrrole nitrogens is 1. The highest BCUT2D eigenvalue weighted by Crippen LogP contribution is 2.17. The van der Waals surface area contributed by atoms with E-state index in [0.717, 1.165) is 28.6 Å². The first-order chi connectivity index (χ1) is 12.1. The number of aromatic nitrogens is 4.